The number of ether oxygens (including phenoxy) is 1. The zero-order chi connectivity index (χ0) is 18.6. The van der Waals surface area contributed by atoms with Gasteiger partial charge in [0.2, 0.25) is 17.7 Å². The molecule has 2 heterocycles. The quantitative estimate of drug-likeness (QED) is 0.751. The molecule has 1 aromatic carbocycles. The number of rotatable bonds is 5. The molecule has 142 valence electrons. The molecule has 2 aliphatic rings. The van der Waals surface area contributed by atoms with Crippen molar-refractivity contribution in [2.24, 2.45) is 5.92 Å². The number of anilines is 3. The molecular weight excluding hydrogens is 342 g/mol. The average Bonchev–Trinajstić information content (AvgIpc) is 2.69. The molecule has 1 saturated carbocycles. The molecule has 0 bridgehead atoms. The van der Waals surface area contributed by atoms with E-state index >= 15 is 0 Å². The minimum absolute atomic E-state index is 0.123. The second-order valence-corrected chi connectivity index (χ2v) is 7.30. The van der Waals surface area contributed by atoms with Crippen LogP contribution in [0.2, 0.25) is 0 Å². The van der Waals surface area contributed by atoms with Crippen LogP contribution in [0.25, 0.3) is 0 Å². The first-order chi connectivity index (χ1) is 13.2. The summed E-state index contributed by atoms with van der Waals surface area (Å²) in [5.74, 6) is 1.41. The lowest BCUT2D eigenvalue weighted by molar-refractivity contribution is -0.117. The normalized spacial score (nSPS) is 19.7. The van der Waals surface area contributed by atoms with Crippen molar-refractivity contribution in [2.75, 3.05) is 23.0 Å². The molecule has 0 radical (unpaired) electrons. The number of hydrogen-bond donors (Lipinski definition) is 3. The zero-order valence-corrected chi connectivity index (χ0v) is 15.3. The summed E-state index contributed by atoms with van der Waals surface area (Å²) in [7, 11) is 0. The fraction of sp³-hybridized carbons (Fsp3) is 0.450. The Labute approximate surface area is 158 Å². The van der Waals surface area contributed by atoms with Crippen molar-refractivity contribution < 1.29 is 9.53 Å². The molecule has 7 heteroatoms. The van der Waals surface area contributed by atoms with Crippen LogP contribution >= 0.6 is 0 Å². The number of aromatic nitrogens is 2. The lowest BCUT2D eigenvalue weighted by Crippen LogP contribution is -2.41. The van der Waals surface area contributed by atoms with Gasteiger partial charge in [-0.1, -0.05) is 49.6 Å². The summed E-state index contributed by atoms with van der Waals surface area (Å²) < 4.78 is 5.94. The van der Waals surface area contributed by atoms with Gasteiger partial charge in [-0.2, -0.15) is 9.97 Å². The second kappa shape index (κ2) is 7.82. The number of fused-ring (bicyclic) bond motifs is 1. The van der Waals surface area contributed by atoms with Crippen molar-refractivity contribution in [1.82, 2.24) is 9.97 Å². The largest absolute Gasteiger partial charge is 0.476 e. The minimum atomic E-state index is -0.416. The van der Waals surface area contributed by atoms with Crippen LogP contribution in [-0.2, 0) is 11.2 Å². The van der Waals surface area contributed by atoms with Crippen LogP contribution in [0.15, 0.2) is 30.3 Å². The molecular formula is C20H25N5O2. The molecule has 4 N–H and O–H groups in total. The zero-order valence-electron chi connectivity index (χ0n) is 15.3. The highest BCUT2D eigenvalue weighted by molar-refractivity contribution is 6.03. The molecule has 1 atom stereocenters. The van der Waals surface area contributed by atoms with E-state index in [0.29, 0.717) is 36.3 Å². The first kappa shape index (κ1) is 17.6. The molecule has 0 unspecified atom stereocenters. The van der Waals surface area contributed by atoms with Crippen LogP contribution in [-0.4, -0.2) is 28.5 Å². The van der Waals surface area contributed by atoms with Gasteiger partial charge in [-0.3, -0.25) is 4.79 Å². The van der Waals surface area contributed by atoms with Crippen LogP contribution in [0.1, 0.15) is 37.7 Å². The molecule has 27 heavy (non-hydrogen) atoms. The molecule has 0 saturated heterocycles. The molecule has 0 spiro atoms. The number of amides is 1. The Kier molecular flexibility index (Phi) is 5.09. The maximum Gasteiger partial charge on any atom is 0.247 e. The predicted molar refractivity (Wildman–Crippen MR) is 105 cm³/mol. The number of nitrogens with two attached hydrogens (primary N) is 1. The number of carbonyl (C=O) groups excluding carboxylic acids is 1. The number of carbonyl (C=O) groups is 1. The van der Waals surface area contributed by atoms with Crippen molar-refractivity contribution in [3.8, 4) is 5.88 Å². The highest BCUT2D eigenvalue weighted by Crippen LogP contribution is 2.35. The van der Waals surface area contributed by atoms with Gasteiger partial charge >= 0.3 is 0 Å². The molecule has 1 aliphatic carbocycles. The number of nitrogens with one attached hydrogen (secondary N) is 2. The van der Waals surface area contributed by atoms with Crippen molar-refractivity contribution >= 4 is 23.4 Å². The number of benzene rings is 1. The molecule has 7 nitrogen and oxygen atoms in total. The number of hydrogen-bond acceptors (Lipinski definition) is 6. The van der Waals surface area contributed by atoms with E-state index in [2.05, 4.69) is 20.6 Å². The highest BCUT2D eigenvalue weighted by Gasteiger charge is 2.30. The van der Waals surface area contributed by atoms with Crippen LogP contribution < -0.4 is 21.1 Å². The van der Waals surface area contributed by atoms with Gasteiger partial charge in [0.1, 0.15) is 11.7 Å². The second-order valence-electron chi connectivity index (χ2n) is 7.30. The topological polar surface area (TPSA) is 102 Å². The third kappa shape index (κ3) is 4.13. The van der Waals surface area contributed by atoms with E-state index in [9.17, 15) is 4.79 Å². The lowest BCUT2D eigenvalue weighted by Gasteiger charge is -2.28. The van der Waals surface area contributed by atoms with Gasteiger partial charge < -0.3 is 21.1 Å². The third-order valence-corrected chi connectivity index (χ3v) is 5.23. The molecule has 4 rings (SSSR count). The van der Waals surface area contributed by atoms with E-state index in [1.807, 2.05) is 30.3 Å². The summed E-state index contributed by atoms with van der Waals surface area (Å²) in [6.07, 6.45) is 6.71. The first-order valence-corrected chi connectivity index (χ1v) is 9.60. The summed E-state index contributed by atoms with van der Waals surface area (Å²) in [6, 6.07) is 9.45. The maximum atomic E-state index is 12.6. The maximum absolute atomic E-state index is 12.6. The van der Waals surface area contributed by atoms with Gasteiger partial charge in [-0.25, -0.2) is 0 Å². The van der Waals surface area contributed by atoms with E-state index in [-0.39, 0.29) is 11.9 Å². The van der Waals surface area contributed by atoms with Crippen molar-refractivity contribution in [2.45, 2.75) is 44.6 Å². The van der Waals surface area contributed by atoms with Crippen LogP contribution in [0.5, 0.6) is 5.88 Å². The minimum Gasteiger partial charge on any atom is -0.476 e. The average molecular weight is 367 g/mol. The van der Waals surface area contributed by atoms with Crippen molar-refractivity contribution in [1.29, 1.82) is 0 Å². The van der Waals surface area contributed by atoms with Crippen LogP contribution in [0.4, 0.5) is 17.5 Å². The fourth-order valence-electron chi connectivity index (χ4n) is 3.76. The number of nitrogens with zero attached hydrogens (tertiary/aromatic N) is 2. The van der Waals surface area contributed by atoms with Gasteiger partial charge in [-0.05, 0) is 24.3 Å². The Balaban J connectivity index is 1.49. The fourth-order valence-corrected chi connectivity index (χ4v) is 3.76. The summed E-state index contributed by atoms with van der Waals surface area (Å²) in [5, 5.41) is 6.10. The Morgan fingerprint density at radius 3 is 2.67 bits per heavy atom. The summed E-state index contributed by atoms with van der Waals surface area (Å²) in [5.41, 5.74) is 7.42. The van der Waals surface area contributed by atoms with Crippen LogP contribution in [0.3, 0.4) is 0 Å². The number of nitrogen functional groups attached to an aromatic ring is 1. The molecule has 1 amide bonds. The molecule has 1 aliphatic heterocycles. The van der Waals surface area contributed by atoms with Gasteiger partial charge in [0.25, 0.3) is 0 Å². The van der Waals surface area contributed by atoms with Gasteiger partial charge in [0.05, 0.1) is 6.61 Å². The van der Waals surface area contributed by atoms with Gasteiger partial charge in [0.15, 0.2) is 5.82 Å². The Morgan fingerprint density at radius 2 is 1.89 bits per heavy atom. The monoisotopic (exact) mass is 367 g/mol. The van der Waals surface area contributed by atoms with E-state index in [1.165, 1.54) is 32.1 Å². The highest BCUT2D eigenvalue weighted by atomic mass is 16.5. The predicted octanol–water partition coefficient (Wildman–Crippen LogP) is 2.99. The molecule has 1 fully saturated rings. The Hall–Kier alpha value is -2.83. The Morgan fingerprint density at radius 1 is 1.11 bits per heavy atom. The summed E-state index contributed by atoms with van der Waals surface area (Å²) in [4.78, 5) is 21.0. The third-order valence-electron chi connectivity index (χ3n) is 5.23. The first-order valence-electron chi connectivity index (χ1n) is 9.60. The Bertz CT molecular complexity index is 806. The van der Waals surface area contributed by atoms with E-state index in [0.717, 1.165) is 5.56 Å². The van der Waals surface area contributed by atoms with E-state index in [1.54, 1.807) is 0 Å². The smallest absolute Gasteiger partial charge is 0.247 e. The molecule has 1 aromatic heterocycles. The summed E-state index contributed by atoms with van der Waals surface area (Å²) >= 11 is 0. The molecule has 2 aromatic rings. The van der Waals surface area contributed by atoms with Crippen LogP contribution in [0, 0.1) is 5.92 Å². The standard InChI is InChI=1S/C20H25N5O2/c21-20-24-17-16(19(25-20)27-12-14-9-5-2-6-10-14)23-18(26)15(22-17)11-13-7-3-1-4-8-13/h1,3-4,7-8,14-15H,2,5-6,9-12H2,(H,23,26)(H3,21,22,24,25)/t15-/m0/s1. The SMILES string of the molecule is Nc1nc2c(c(OCC3CCCCC3)n1)NC(=O)[C@H](Cc1ccccc1)N2. The van der Waals surface area contributed by atoms with Crippen molar-refractivity contribution in [3.63, 3.8) is 0 Å². The lowest BCUT2D eigenvalue weighted by atomic mass is 9.90. The van der Waals surface area contributed by atoms with E-state index < -0.39 is 6.04 Å². The summed E-state index contributed by atoms with van der Waals surface area (Å²) in [6.45, 7) is 0.589. The van der Waals surface area contributed by atoms with Crippen molar-refractivity contribution in [3.05, 3.63) is 35.9 Å². The van der Waals surface area contributed by atoms with Gasteiger partial charge in [0, 0.05) is 6.42 Å². The van der Waals surface area contributed by atoms with Gasteiger partial charge in [-0.15, -0.1) is 0 Å². The van der Waals surface area contributed by atoms with E-state index in [4.69, 9.17) is 10.5 Å².